The topological polar surface area (TPSA) is 364 Å². The van der Waals surface area contributed by atoms with E-state index in [0.29, 0.717) is 5.75 Å². The molecule has 3 heterocycles. The zero-order valence-electron chi connectivity index (χ0n) is 32.5. The molecule has 0 bridgehead atoms. The number of rotatable bonds is 26. The highest BCUT2D eigenvalue weighted by Crippen LogP contribution is 2.61. The minimum Gasteiger partial charge on any atom is -0.386 e. The number of anilines is 1. The van der Waals surface area contributed by atoms with Crippen LogP contribution in [-0.2, 0) is 50.7 Å². The molecule has 2 amide bonds. The molecule has 1 aliphatic heterocycles. The molecule has 3 rings (SSSR count). The molecule has 3 unspecified atom stereocenters. The van der Waals surface area contributed by atoms with Crippen molar-refractivity contribution >= 4 is 69.1 Å². The number of aliphatic hydroxyl groups excluding tert-OH is 2. The summed E-state index contributed by atoms with van der Waals surface area (Å²) in [5.41, 5.74) is 4.27. The molecule has 2 aromatic rings. The Kier molecular flexibility index (Phi) is 19.7. The van der Waals surface area contributed by atoms with Gasteiger partial charge in [0, 0.05) is 30.7 Å². The molecule has 59 heavy (non-hydrogen) atoms. The molecule has 0 radical (unpaired) electrons. The number of nitrogen functional groups attached to an aromatic ring is 1. The number of phosphoric acid groups is 3. The van der Waals surface area contributed by atoms with Gasteiger partial charge in [0.1, 0.15) is 36.3 Å². The van der Waals surface area contributed by atoms with Crippen molar-refractivity contribution in [3.8, 4) is 0 Å². The molecule has 7 atom stereocenters. The van der Waals surface area contributed by atoms with E-state index in [-0.39, 0.29) is 41.6 Å². The molecule has 1 saturated heterocycles. The summed E-state index contributed by atoms with van der Waals surface area (Å²) >= 11 is 1.06. The zero-order chi connectivity index (χ0) is 44.0. The summed E-state index contributed by atoms with van der Waals surface area (Å²) in [6, 6.07) is 0. The second-order valence-corrected chi connectivity index (χ2v) is 19.2. The number of allylic oxidation sites excluding steroid dienone is 1. The highest BCUT2D eigenvalue weighted by atomic mass is 32.2. The molecule has 0 aromatic carbocycles. The summed E-state index contributed by atoms with van der Waals surface area (Å²) in [6.07, 6.45) is 2.97. The predicted octanol–water partition coefficient (Wildman–Crippen LogP) is 1.58. The van der Waals surface area contributed by atoms with Gasteiger partial charge in [0.25, 0.3) is 0 Å². The van der Waals surface area contributed by atoms with Crippen LogP contribution in [0.1, 0.15) is 71.9 Å². The third-order valence-corrected chi connectivity index (χ3v) is 12.4. The lowest BCUT2D eigenvalue weighted by atomic mass is 9.87. The quantitative estimate of drug-likeness (QED) is 0.0367. The maximum absolute atomic E-state index is 12.7. The first-order valence-corrected chi connectivity index (χ1v) is 23.8. The standard InChI is InChI=1S/C31H52N7O17P3S/c1-4-5-6-7-8-9-10-11-22(40)59-15-14-33-21(39)12-13-34-29(43)26(42)31(2,3)17-52-58(49,50)55-57(47,48)51-16-20-25(54-56(44,45)46)24(41)30(53-20)38-19-37-23-27(32)35-18-36-28(23)38/h10-11,18-20,24-26,30,41-42H,4-9,12-17H2,1-3H3,(H,33,39)(H,34,43)(H,47,48)(H,49,50)(H2,32,35,36)(H2,44,45,46)/b11-10+/t20-,24?,25+,26+,30-/m1/s1. The van der Waals surface area contributed by atoms with Crippen molar-refractivity contribution in [2.45, 2.75) is 96.4 Å². The van der Waals surface area contributed by atoms with Gasteiger partial charge >= 0.3 is 23.5 Å². The van der Waals surface area contributed by atoms with E-state index in [2.05, 4.69) is 41.3 Å². The van der Waals surface area contributed by atoms with Crippen LogP contribution >= 0.6 is 35.2 Å². The van der Waals surface area contributed by atoms with Crippen LogP contribution < -0.4 is 16.4 Å². The van der Waals surface area contributed by atoms with Crippen molar-refractivity contribution in [3.05, 3.63) is 24.8 Å². The first-order valence-electron chi connectivity index (χ1n) is 18.3. The molecule has 334 valence electrons. The van der Waals surface area contributed by atoms with Gasteiger partial charge in [-0.1, -0.05) is 64.3 Å². The molecular formula is C31H52N7O17P3S. The highest BCUT2D eigenvalue weighted by molar-refractivity contribution is 8.14. The number of nitrogens with zero attached hydrogens (tertiary/aromatic N) is 4. The van der Waals surface area contributed by atoms with E-state index in [1.165, 1.54) is 32.8 Å². The van der Waals surface area contributed by atoms with Crippen LogP contribution in [0.2, 0.25) is 0 Å². The number of aromatic nitrogens is 4. The molecule has 24 nitrogen and oxygen atoms in total. The number of nitrogens with one attached hydrogen (secondary N) is 2. The van der Waals surface area contributed by atoms with Crippen molar-refractivity contribution < 1.29 is 80.5 Å². The Labute approximate surface area is 343 Å². The van der Waals surface area contributed by atoms with E-state index in [1.54, 1.807) is 0 Å². The maximum Gasteiger partial charge on any atom is 0.481 e. The number of carbonyl (C=O) groups is 3. The third kappa shape index (κ3) is 16.9. The van der Waals surface area contributed by atoms with Gasteiger partial charge in [-0.3, -0.25) is 32.5 Å². The minimum atomic E-state index is -5.57. The van der Waals surface area contributed by atoms with E-state index in [4.69, 9.17) is 19.5 Å². The van der Waals surface area contributed by atoms with Gasteiger partial charge in [0.15, 0.2) is 17.7 Å². The molecule has 0 saturated carbocycles. The van der Waals surface area contributed by atoms with Gasteiger partial charge in [0.05, 0.1) is 19.5 Å². The fourth-order valence-electron chi connectivity index (χ4n) is 5.38. The fourth-order valence-corrected chi connectivity index (χ4v) is 8.80. The number of unbranched alkanes of at least 4 members (excludes halogenated alkanes) is 5. The Bertz CT molecular complexity index is 1900. The lowest BCUT2D eigenvalue weighted by Gasteiger charge is -2.30. The molecule has 1 fully saturated rings. The monoisotopic (exact) mass is 919 g/mol. The summed E-state index contributed by atoms with van der Waals surface area (Å²) < 4.78 is 62.2. The Hall–Kier alpha value is -2.70. The number of aliphatic hydroxyl groups is 2. The molecule has 2 aromatic heterocycles. The van der Waals surface area contributed by atoms with Gasteiger partial charge in [-0.25, -0.2) is 28.6 Å². The number of hydrogen-bond donors (Lipinski definition) is 9. The van der Waals surface area contributed by atoms with Gasteiger partial charge in [0.2, 0.25) is 16.9 Å². The number of thioether (sulfide) groups is 1. The van der Waals surface area contributed by atoms with Crippen LogP contribution in [0, 0.1) is 5.41 Å². The number of hydrogen-bond acceptors (Lipinski definition) is 18. The molecule has 1 aliphatic rings. The van der Waals surface area contributed by atoms with Crippen molar-refractivity contribution in [2.24, 2.45) is 5.41 Å². The normalized spacial score (nSPS) is 21.3. The second-order valence-electron chi connectivity index (χ2n) is 13.8. The van der Waals surface area contributed by atoms with Gasteiger partial charge in [-0.05, 0) is 18.9 Å². The Morgan fingerprint density at radius 3 is 2.42 bits per heavy atom. The molecule has 28 heteroatoms. The minimum absolute atomic E-state index is 0.0313. The lowest BCUT2D eigenvalue weighted by Crippen LogP contribution is -2.46. The van der Waals surface area contributed by atoms with Crippen molar-refractivity contribution in [1.29, 1.82) is 0 Å². The van der Waals surface area contributed by atoms with E-state index in [1.807, 2.05) is 6.08 Å². The highest BCUT2D eigenvalue weighted by Gasteiger charge is 2.50. The zero-order valence-corrected chi connectivity index (χ0v) is 36.0. The van der Waals surface area contributed by atoms with Crippen LogP contribution in [-0.4, -0.2) is 123 Å². The SMILES string of the molecule is CCCCCCC/C=C/C(=O)SCCNC(=O)CCNC(=O)[C@H](O)C(C)(C)COP(=O)(O)OP(=O)(O)OC[C@H]1O[C@@H](n2cnc3c(N)ncnc32)C(O)[C@H]1OP(=O)(O)O. The number of amides is 2. The van der Waals surface area contributed by atoms with Crippen LogP contribution in [0.5, 0.6) is 0 Å². The first-order chi connectivity index (χ1) is 27.6. The number of nitrogens with two attached hydrogens (primary N) is 1. The fraction of sp³-hybridized carbons (Fsp3) is 0.677. The second kappa shape index (κ2) is 22.9. The molecular weight excluding hydrogens is 867 g/mol. The molecule has 10 N–H and O–H groups in total. The summed E-state index contributed by atoms with van der Waals surface area (Å²) in [4.78, 5) is 87.7. The summed E-state index contributed by atoms with van der Waals surface area (Å²) in [7, 11) is -16.4. The largest absolute Gasteiger partial charge is 0.481 e. The Morgan fingerprint density at radius 1 is 1.03 bits per heavy atom. The van der Waals surface area contributed by atoms with Crippen molar-refractivity contribution in [2.75, 3.05) is 37.8 Å². The van der Waals surface area contributed by atoms with Crippen LogP contribution in [0.15, 0.2) is 24.8 Å². The third-order valence-electron chi connectivity index (χ3n) is 8.47. The van der Waals surface area contributed by atoms with E-state index in [9.17, 15) is 57.9 Å². The Morgan fingerprint density at radius 2 is 1.73 bits per heavy atom. The summed E-state index contributed by atoms with van der Waals surface area (Å²) in [5, 5.41) is 26.3. The smallest absolute Gasteiger partial charge is 0.386 e. The predicted molar refractivity (Wildman–Crippen MR) is 210 cm³/mol. The molecule has 0 aliphatic carbocycles. The van der Waals surface area contributed by atoms with E-state index >= 15 is 0 Å². The number of phosphoric ester groups is 3. The lowest BCUT2D eigenvalue weighted by molar-refractivity contribution is -0.137. The number of carbonyl (C=O) groups excluding carboxylic acids is 3. The first kappa shape index (κ1) is 50.7. The van der Waals surface area contributed by atoms with Crippen LogP contribution in [0.25, 0.3) is 11.2 Å². The van der Waals surface area contributed by atoms with Crippen LogP contribution in [0.4, 0.5) is 5.82 Å². The maximum atomic E-state index is 12.7. The van der Waals surface area contributed by atoms with Gasteiger partial charge in [-0.2, -0.15) is 4.31 Å². The number of fused-ring (bicyclic) bond motifs is 1. The van der Waals surface area contributed by atoms with E-state index < -0.39 is 84.6 Å². The van der Waals surface area contributed by atoms with Crippen molar-refractivity contribution in [3.63, 3.8) is 0 Å². The van der Waals surface area contributed by atoms with E-state index in [0.717, 1.165) is 54.7 Å². The average Bonchev–Trinajstić information content (AvgIpc) is 3.71. The number of ether oxygens (including phenoxy) is 1. The van der Waals surface area contributed by atoms with Crippen LogP contribution in [0.3, 0.4) is 0 Å². The number of imidazole rings is 1. The molecule has 0 spiro atoms. The van der Waals surface area contributed by atoms with Gasteiger partial charge < -0.3 is 50.9 Å². The van der Waals surface area contributed by atoms with Gasteiger partial charge in [-0.15, -0.1) is 0 Å². The average molecular weight is 920 g/mol. The summed E-state index contributed by atoms with van der Waals surface area (Å²) in [5.74, 6) is -1.11. The summed E-state index contributed by atoms with van der Waals surface area (Å²) in [6.45, 7) is 2.65. The van der Waals surface area contributed by atoms with Crippen molar-refractivity contribution in [1.82, 2.24) is 30.2 Å². The Balaban J connectivity index is 1.43.